The third kappa shape index (κ3) is 4.46. The second-order valence-electron chi connectivity index (χ2n) is 5.85. The average molecular weight is 374 g/mol. The van der Waals surface area contributed by atoms with Gasteiger partial charge in [-0.2, -0.15) is 5.10 Å². The van der Waals surface area contributed by atoms with Gasteiger partial charge in [-0.05, 0) is 49.7 Å². The molecule has 0 atom stereocenters. The molecular formula is C19H20ClN3O3. The van der Waals surface area contributed by atoms with Crippen LogP contribution in [-0.4, -0.2) is 15.7 Å². The van der Waals surface area contributed by atoms with E-state index in [9.17, 15) is 4.79 Å². The Hall–Kier alpha value is -2.73. The molecule has 0 aliphatic carbocycles. The molecule has 0 saturated carbocycles. The summed E-state index contributed by atoms with van der Waals surface area (Å²) in [6, 6.07) is 8.78. The first kappa shape index (κ1) is 18.1. The van der Waals surface area contributed by atoms with Gasteiger partial charge in [0.25, 0.3) is 5.91 Å². The molecule has 1 amide bonds. The molecule has 1 aromatic carbocycles. The van der Waals surface area contributed by atoms with E-state index in [1.54, 1.807) is 24.4 Å². The maximum absolute atomic E-state index is 12.2. The van der Waals surface area contributed by atoms with Crippen LogP contribution in [0.2, 0.25) is 5.02 Å². The lowest BCUT2D eigenvalue weighted by Gasteiger charge is -2.07. The van der Waals surface area contributed by atoms with Crippen LogP contribution in [0, 0.1) is 6.92 Å². The van der Waals surface area contributed by atoms with Crippen LogP contribution in [-0.2, 0) is 19.7 Å². The van der Waals surface area contributed by atoms with Crippen molar-refractivity contribution in [2.45, 2.75) is 33.5 Å². The fraction of sp³-hybridized carbons (Fsp3) is 0.263. The molecule has 6 nitrogen and oxygen atoms in total. The second-order valence-corrected chi connectivity index (χ2v) is 6.29. The molecule has 0 bridgehead atoms. The van der Waals surface area contributed by atoms with Crippen LogP contribution in [0.25, 0.3) is 0 Å². The summed E-state index contributed by atoms with van der Waals surface area (Å²) in [6.07, 6.45) is 3.63. The summed E-state index contributed by atoms with van der Waals surface area (Å²) < 4.78 is 13.1. The van der Waals surface area contributed by atoms with Crippen molar-refractivity contribution in [3.8, 4) is 5.75 Å². The number of nitrogens with zero attached hydrogens (tertiary/aromatic N) is 2. The lowest BCUT2D eigenvalue weighted by atomic mass is 10.2. The summed E-state index contributed by atoms with van der Waals surface area (Å²) in [6.45, 7) is 5.35. The van der Waals surface area contributed by atoms with Crippen molar-refractivity contribution in [1.82, 2.24) is 15.1 Å². The van der Waals surface area contributed by atoms with Gasteiger partial charge in [0.2, 0.25) is 0 Å². The molecule has 3 rings (SSSR count). The van der Waals surface area contributed by atoms with E-state index in [0.29, 0.717) is 17.3 Å². The third-order valence-electron chi connectivity index (χ3n) is 3.86. The molecule has 0 fully saturated rings. The molecular weight excluding hydrogens is 354 g/mol. The number of ether oxygens (including phenoxy) is 1. The van der Waals surface area contributed by atoms with Gasteiger partial charge in [-0.25, -0.2) is 0 Å². The topological polar surface area (TPSA) is 69.3 Å². The number of carbonyl (C=O) groups excluding carboxylic acids is 1. The normalized spacial score (nSPS) is 10.7. The van der Waals surface area contributed by atoms with Gasteiger partial charge in [-0.15, -0.1) is 0 Å². The molecule has 7 heteroatoms. The summed E-state index contributed by atoms with van der Waals surface area (Å²) in [5, 5.41) is 7.65. The van der Waals surface area contributed by atoms with Crippen molar-refractivity contribution in [2.24, 2.45) is 0 Å². The number of nitrogens with one attached hydrogen (secondary N) is 1. The molecule has 0 saturated heterocycles. The number of carbonyl (C=O) groups is 1. The van der Waals surface area contributed by atoms with Crippen molar-refractivity contribution >= 4 is 17.5 Å². The van der Waals surface area contributed by atoms with E-state index >= 15 is 0 Å². The first-order chi connectivity index (χ1) is 12.5. The first-order valence-corrected chi connectivity index (χ1v) is 8.70. The summed E-state index contributed by atoms with van der Waals surface area (Å²) >= 11 is 5.93. The molecule has 26 heavy (non-hydrogen) atoms. The van der Waals surface area contributed by atoms with Crippen molar-refractivity contribution in [1.29, 1.82) is 0 Å². The molecule has 0 spiro atoms. The Morgan fingerprint density at radius 1 is 1.35 bits per heavy atom. The molecule has 0 unspecified atom stereocenters. The lowest BCUT2D eigenvalue weighted by molar-refractivity contribution is 0.0919. The van der Waals surface area contributed by atoms with Gasteiger partial charge in [0.15, 0.2) is 5.76 Å². The van der Waals surface area contributed by atoms with E-state index in [1.807, 2.05) is 36.9 Å². The van der Waals surface area contributed by atoms with Crippen LogP contribution >= 0.6 is 11.6 Å². The zero-order chi connectivity index (χ0) is 18.5. The highest BCUT2D eigenvalue weighted by molar-refractivity contribution is 6.30. The van der Waals surface area contributed by atoms with Crippen LogP contribution in [0.4, 0.5) is 0 Å². The van der Waals surface area contributed by atoms with Gasteiger partial charge in [-0.3, -0.25) is 9.48 Å². The zero-order valence-corrected chi connectivity index (χ0v) is 15.4. The number of benzene rings is 1. The number of hydrogen-bond donors (Lipinski definition) is 1. The van der Waals surface area contributed by atoms with Gasteiger partial charge in [0.1, 0.15) is 18.1 Å². The number of halogens is 1. The third-order valence-corrected chi connectivity index (χ3v) is 4.09. The number of aryl methyl sites for hydroxylation is 2. The molecule has 136 valence electrons. The van der Waals surface area contributed by atoms with Gasteiger partial charge < -0.3 is 14.5 Å². The monoisotopic (exact) mass is 373 g/mol. The second kappa shape index (κ2) is 8.10. The number of furan rings is 1. The van der Waals surface area contributed by atoms with Gasteiger partial charge in [0.05, 0.1) is 6.20 Å². The predicted octanol–water partition coefficient (Wildman–Crippen LogP) is 3.97. The van der Waals surface area contributed by atoms with Crippen LogP contribution < -0.4 is 10.1 Å². The fourth-order valence-corrected chi connectivity index (χ4v) is 2.67. The smallest absolute Gasteiger partial charge is 0.287 e. The summed E-state index contributed by atoms with van der Waals surface area (Å²) in [5.74, 6) is 1.27. The van der Waals surface area contributed by atoms with Crippen molar-refractivity contribution in [3.05, 3.63) is 70.4 Å². The van der Waals surface area contributed by atoms with E-state index in [-0.39, 0.29) is 18.3 Å². The van der Waals surface area contributed by atoms with E-state index in [1.165, 1.54) is 0 Å². The van der Waals surface area contributed by atoms with Gasteiger partial charge >= 0.3 is 0 Å². The van der Waals surface area contributed by atoms with Crippen molar-refractivity contribution in [2.75, 3.05) is 0 Å². The van der Waals surface area contributed by atoms with Gasteiger partial charge in [0, 0.05) is 29.9 Å². The highest BCUT2D eigenvalue weighted by atomic mass is 35.5. The molecule has 0 aliphatic heterocycles. The first-order valence-electron chi connectivity index (χ1n) is 8.32. The summed E-state index contributed by atoms with van der Waals surface area (Å²) in [4.78, 5) is 12.2. The summed E-state index contributed by atoms with van der Waals surface area (Å²) in [5.41, 5.74) is 1.88. The van der Waals surface area contributed by atoms with E-state index in [2.05, 4.69) is 10.4 Å². The van der Waals surface area contributed by atoms with E-state index < -0.39 is 0 Å². The number of amides is 1. The minimum atomic E-state index is -0.275. The maximum atomic E-state index is 12.2. The Bertz CT molecular complexity index is 901. The van der Waals surface area contributed by atoms with Crippen LogP contribution in [0.5, 0.6) is 5.75 Å². The molecule has 2 aromatic heterocycles. The Morgan fingerprint density at radius 3 is 2.92 bits per heavy atom. The lowest BCUT2D eigenvalue weighted by Crippen LogP contribution is -2.22. The minimum absolute atomic E-state index is 0.235. The highest BCUT2D eigenvalue weighted by Crippen LogP contribution is 2.23. The highest BCUT2D eigenvalue weighted by Gasteiger charge is 2.12. The SMILES string of the molecule is CCn1cc(CNC(=O)c2ccc(COc3ccc(Cl)cc3C)o2)cn1. The van der Waals surface area contributed by atoms with E-state index in [0.717, 1.165) is 23.4 Å². The number of rotatable bonds is 7. The number of hydrogen-bond acceptors (Lipinski definition) is 4. The van der Waals surface area contributed by atoms with Gasteiger partial charge in [-0.1, -0.05) is 11.6 Å². The summed E-state index contributed by atoms with van der Waals surface area (Å²) in [7, 11) is 0. The zero-order valence-electron chi connectivity index (χ0n) is 14.7. The molecule has 0 radical (unpaired) electrons. The molecule has 3 aromatic rings. The van der Waals surface area contributed by atoms with Crippen LogP contribution in [0.15, 0.2) is 47.1 Å². The van der Waals surface area contributed by atoms with E-state index in [4.69, 9.17) is 20.8 Å². The average Bonchev–Trinajstić information content (AvgIpc) is 3.28. The predicted molar refractivity (Wildman–Crippen MR) is 98.3 cm³/mol. The molecule has 1 N–H and O–H groups in total. The van der Waals surface area contributed by atoms with Crippen molar-refractivity contribution < 1.29 is 13.9 Å². The number of aromatic nitrogens is 2. The Kier molecular flexibility index (Phi) is 5.63. The largest absolute Gasteiger partial charge is 0.485 e. The quantitative estimate of drug-likeness (QED) is 0.680. The van der Waals surface area contributed by atoms with Crippen molar-refractivity contribution in [3.63, 3.8) is 0 Å². The standard InChI is InChI=1S/C19H20ClN3O3/c1-3-23-11-14(10-22-23)9-21-19(24)18-7-5-16(26-18)12-25-17-6-4-15(20)8-13(17)2/h4-8,10-11H,3,9,12H2,1-2H3,(H,21,24). The maximum Gasteiger partial charge on any atom is 0.287 e. The Balaban J connectivity index is 1.54. The Labute approximate surface area is 156 Å². The van der Waals surface area contributed by atoms with Crippen LogP contribution in [0.3, 0.4) is 0 Å². The van der Waals surface area contributed by atoms with Crippen LogP contribution in [0.1, 0.15) is 34.4 Å². The Morgan fingerprint density at radius 2 is 2.19 bits per heavy atom. The molecule has 0 aliphatic rings. The minimum Gasteiger partial charge on any atom is -0.485 e. The molecule has 2 heterocycles. The fourth-order valence-electron chi connectivity index (χ4n) is 2.44.